The minimum atomic E-state index is -0.407. The fraction of sp³-hybridized carbons (Fsp3) is 0.222. The van der Waals surface area contributed by atoms with Gasteiger partial charge in [-0.25, -0.2) is 5.43 Å². The summed E-state index contributed by atoms with van der Waals surface area (Å²) in [6.07, 6.45) is 1.45. The second kappa shape index (κ2) is 9.53. The van der Waals surface area contributed by atoms with Gasteiger partial charge in [0.1, 0.15) is 11.5 Å². The summed E-state index contributed by atoms with van der Waals surface area (Å²) in [6.45, 7) is -0.179. The summed E-state index contributed by atoms with van der Waals surface area (Å²) in [7, 11) is 4.59. The zero-order valence-electron chi connectivity index (χ0n) is 14.6. The highest BCUT2D eigenvalue weighted by atomic mass is 35.5. The van der Waals surface area contributed by atoms with Gasteiger partial charge in [0.05, 0.1) is 27.5 Å². The molecule has 0 atom stereocenters. The van der Waals surface area contributed by atoms with Crippen molar-refractivity contribution < 1.29 is 23.7 Å². The minimum Gasteiger partial charge on any atom is -0.496 e. The number of ether oxygens (including phenoxy) is 4. The Morgan fingerprint density at radius 3 is 2.27 bits per heavy atom. The third-order valence-electron chi connectivity index (χ3n) is 3.31. The standard InChI is InChI=1S/C18H19ClN2O5/c1-23-15-9-17(25-3)16(24-2)8-12(15)10-20-21-18(22)11-26-14-6-4-13(19)5-7-14/h4-10H,11H2,1-3H3,(H,21,22)/b20-10+. The Morgan fingerprint density at radius 1 is 1.04 bits per heavy atom. The maximum Gasteiger partial charge on any atom is 0.277 e. The number of nitrogens with one attached hydrogen (secondary N) is 1. The number of carbonyl (C=O) groups is 1. The Hall–Kier alpha value is -2.93. The van der Waals surface area contributed by atoms with Crippen LogP contribution >= 0.6 is 11.6 Å². The number of carbonyl (C=O) groups excluding carboxylic acids is 1. The maximum atomic E-state index is 11.8. The van der Waals surface area contributed by atoms with Gasteiger partial charge in [0.15, 0.2) is 18.1 Å². The number of nitrogens with zero attached hydrogens (tertiary/aromatic N) is 1. The van der Waals surface area contributed by atoms with Crippen LogP contribution in [-0.2, 0) is 4.79 Å². The van der Waals surface area contributed by atoms with E-state index < -0.39 is 5.91 Å². The van der Waals surface area contributed by atoms with E-state index >= 15 is 0 Å². The van der Waals surface area contributed by atoms with Crippen molar-refractivity contribution in [2.45, 2.75) is 0 Å². The second-order valence-corrected chi connectivity index (χ2v) is 5.42. The molecular weight excluding hydrogens is 360 g/mol. The Balaban J connectivity index is 1.96. The van der Waals surface area contributed by atoms with Crippen molar-refractivity contribution in [1.29, 1.82) is 0 Å². The molecule has 0 fully saturated rings. The molecule has 26 heavy (non-hydrogen) atoms. The van der Waals surface area contributed by atoms with Crippen LogP contribution in [-0.4, -0.2) is 40.1 Å². The smallest absolute Gasteiger partial charge is 0.277 e. The van der Waals surface area contributed by atoms with Crippen molar-refractivity contribution in [3.05, 3.63) is 47.0 Å². The molecule has 2 aromatic carbocycles. The minimum absolute atomic E-state index is 0.179. The van der Waals surface area contributed by atoms with Crippen LogP contribution < -0.4 is 24.4 Å². The van der Waals surface area contributed by atoms with E-state index in [4.69, 9.17) is 30.5 Å². The van der Waals surface area contributed by atoms with Gasteiger partial charge in [0, 0.05) is 16.7 Å². The summed E-state index contributed by atoms with van der Waals surface area (Å²) < 4.78 is 21.1. The van der Waals surface area contributed by atoms with Crippen molar-refractivity contribution in [2.75, 3.05) is 27.9 Å². The predicted molar refractivity (Wildman–Crippen MR) is 98.8 cm³/mol. The number of hydrogen-bond acceptors (Lipinski definition) is 6. The van der Waals surface area contributed by atoms with Gasteiger partial charge in [-0.2, -0.15) is 5.10 Å². The van der Waals surface area contributed by atoms with Crippen molar-refractivity contribution >= 4 is 23.7 Å². The number of amides is 1. The monoisotopic (exact) mass is 378 g/mol. The SMILES string of the molecule is COc1cc(OC)c(OC)cc1/C=N/NC(=O)COc1ccc(Cl)cc1. The van der Waals surface area contributed by atoms with Crippen molar-refractivity contribution in [3.8, 4) is 23.0 Å². The topological polar surface area (TPSA) is 78.4 Å². The number of rotatable bonds is 8. The molecule has 0 saturated heterocycles. The van der Waals surface area contributed by atoms with Crippen LogP contribution in [0.25, 0.3) is 0 Å². The molecule has 7 nitrogen and oxygen atoms in total. The maximum absolute atomic E-state index is 11.8. The normalized spacial score (nSPS) is 10.5. The lowest BCUT2D eigenvalue weighted by Gasteiger charge is -2.11. The van der Waals surface area contributed by atoms with Gasteiger partial charge in [-0.15, -0.1) is 0 Å². The summed E-state index contributed by atoms with van der Waals surface area (Å²) in [5.74, 6) is 1.71. The number of hydrazone groups is 1. The molecule has 0 aliphatic rings. The van der Waals surface area contributed by atoms with Crippen LogP contribution in [0, 0.1) is 0 Å². The van der Waals surface area contributed by atoms with Gasteiger partial charge < -0.3 is 18.9 Å². The van der Waals surface area contributed by atoms with E-state index in [1.54, 1.807) is 36.4 Å². The number of methoxy groups -OCH3 is 3. The van der Waals surface area contributed by atoms with Crippen LogP contribution in [0.5, 0.6) is 23.0 Å². The molecule has 0 spiro atoms. The first kappa shape index (κ1) is 19.4. The predicted octanol–water partition coefficient (Wildman–Crippen LogP) is 2.89. The molecule has 0 aromatic heterocycles. The summed E-state index contributed by atoms with van der Waals surface area (Å²) in [6, 6.07) is 10.1. The average molecular weight is 379 g/mol. The highest BCUT2D eigenvalue weighted by Crippen LogP contribution is 2.33. The van der Waals surface area contributed by atoms with Crippen LogP contribution in [0.4, 0.5) is 0 Å². The van der Waals surface area contributed by atoms with E-state index in [0.717, 1.165) is 0 Å². The van der Waals surface area contributed by atoms with Crippen molar-refractivity contribution in [2.24, 2.45) is 5.10 Å². The molecule has 0 aliphatic carbocycles. The Labute approximate surface area is 156 Å². The number of halogens is 1. The highest BCUT2D eigenvalue weighted by Gasteiger charge is 2.10. The Kier molecular flexibility index (Phi) is 7.11. The second-order valence-electron chi connectivity index (χ2n) is 4.98. The van der Waals surface area contributed by atoms with E-state index in [9.17, 15) is 4.79 Å². The molecular formula is C18H19ClN2O5. The van der Waals surface area contributed by atoms with Gasteiger partial charge in [-0.1, -0.05) is 11.6 Å². The molecule has 8 heteroatoms. The molecule has 2 aromatic rings. The van der Waals surface area contributed by atoms with E-state index in [0.29, 0.717) is 33.6 Å². The van der Waals surface area contributed by atoms with Gasteiger partial charge in [-0.3, -0.25) is 4.79 Å². The lowest BCUT2D eigenvalue weighted by molar-refractivity contribution is -0.123. The summed E-state index contributed by atoms with van der Waals surface area (Å²) in [4.78, 5) is 11.8. The fourth-order valence-electron chi connectivity index (χ4n) is 2.04. The van der Waals surface area contributed by atoms with E-state index in [1.807, 2.05) is 0 Å². The largest absolute Gasteiger partial charge is 0.496 e. The molecule has 2 rings (SSSR count). The van der Waals surface area contributed by atoms with Crippen LogP contribution in [0.1, 0.15) is 5.56 Å². The van der Waals surface area contributed by atoms with Crippen LogP contribution in [0.15, 0.2) is 41.5 Å². The Morgan fingerprint density at radius 2 is 1.65 bits per heavy atom. The van der Waals surface area contributed by atoms with Crippen molar-refractivity contribution in [3.63, 3.8) is 0 Å². The van der Waals surface area contributed by atoms with E-state index in [1.165, 1.54) is 27.5 Å². The number of benzene rings is 2. The van der Waals surface area contributed by atoms with Gasteiger partial charge in [0.25, 0.3) is 5.91 Å². The molecule has 138 valence electrons. The Bertz CT molecular complexity index is 778. The van der Waals surface area contributed by atoms with Gasteiger partial charge in [-0.05, 0) is 30.3 Å². The van der Waals surface area contributed by atoms with E-state index in [2.05, 4.69) is 10.5 Å². The third-order valence-corrected chi connectivity index (χ3v) is 3.56. The molecule has 0 bridgehead atoms. The van der Waals surface area contributed by atoms with Crippen LogP contribution in [0.2, 0.25) is 5.02 Å². The zero-order valence-corrected chi connectivity index (χ0v) is 15.4. The first-order valence-electron chi connectivity index (χ1n) is 7.57. The molecule has 0 unspecified atom stereocenters. The molecule has 0 aliphatic heterocycles. The number of hydrogen-bond donors (Lipinski definition) is 1. The van der Waals surface area contributed by atoms with Gasteiger partial charge >= 0.3 is 0 Å². The molecule has 0 saturated carbocycles. The molecule has 0 radical (unpaired) electrons. The quantitative estimate of drug-likeness (QED) is 0.564. The van der Waals surface area contributed by atoms with E-state index in [-0.39, 0.29) is 6.61 Å². The summed E-state index contributed by atoms with van der Waals surface area (Å²) in [5.41, 5.74) is 3.00. The van der Waals surface area contributed by atoms with Gasteiger partial charge in [0.2, 0.25) is 0 Å². The summed E-state index contributed by atoms with van der Waals surface area (Å²) in [5, 5.41) is 4.50. The molecule has 0 heterocycles. The highest BCUT2D eigenvalue weighted by molar-refractivity contribution is 6.30. The first-order valence-corrected chi connectivity index (χ1v) is 7.95. The first-order chi connectivity index (χ1) is 12.6. The lowest BCUT2D eigenvalue weighted by atomic mass is 10.2. The van der Waals surface area contributed by atoms with Crippen LogP contribution in [0.3, 0.4) is 0 Å². The average Bonchev–Trinajstić information content (AvgIpc) is 2.67. The molecule has 1 amide bonds. The lowest BCUT2D eigenvalue weighted by Crippen LogP contribution is -2.24. The van der Waals surface area contributed by atoms with Crippen molar-refractivity contribution in [1.82, 2.24) is 5.43 Å². The third kappa shape index (κ3) is 5.29. The molecule has 1 N–H and O–H groups in total. The zero-order chi connectivity index (χ0) is 18.9. The summed E-state index contributed by atoms with van der Waals surface area (Å²) >= 11 is 5.79. The fourth-order valence-corrected chi connectivity index (χ4v) is 2.17.